The molecule has 0 spiro atoms. The van der Waals surface area contributed by atoms with Crippen LogP contribution in [0.25, 0.3) is 0 Å². The van der Waals surface area contributed by atoms with Crippen LogP contribution in [0, 0.1) is 5.92 Å². The van der Waals surface area contributed by atoms with E-state index in [1.807, 2.05) is 24.3 Å². The van der Waals surface area contributed by atoms with E-state index in [0.717, 1.165) is 12.8 Å². The van der Waals surface area contributed by atoms with Crippen LogP contribution in [0.2, 0.25) is 0 Å². The van der Waals surface area contributed by atoms with E-state index in [1.165, 1.54) is 5.56 Å². The molecule has 0 unspecified atom stereocenters. The topological polar surface area (TPSA) is 81.4 Å². The molecule has 0 heterocycles. The van der Waals surface area contributed by atoms with Gasteiger partial charge in [0.05, 0.1) is 0 Å². The molecule has 1 fully saturated rings. The molecule has 0 bridgehead atoms. The summed E-state index contributed by atoms with van der Waals surface area (Å²) in [5.74, 6) is 0.843. The highest BCUT2D eigenvalue weighted by Gasteiger charge is 2.34. The van der Waals surface area contributed by atoms with Crippen molar-refractivity contribution in [2.75, 3.05) is 0 Å². The first-order valence-corrected chi connectivity index (χ1v) is 8.22. The molecule has 0 aliphatic heterocycles. The van der Waals surface area contributed by atoms with Crippen LogP contribution in [0.4, 0.5) is 0 Å². The van der Waals surface area contributed by atoms with E-state index in [2.05, 4.69) is 19.2 Å². The van der Waals surface area contributed by atoms with Crippen LogP contribution >= 0.6 is 0 Å². The maximum atomic E-state index is 12.3. The molecule has 5 nitrogen and oxygen atoms in total. The second kappa shape index (κ2) is 7.49. The van der Waals surface area contributed by atoms with Crippen LogP contribution in [0.15, 0.2) is 24.3 Å². The van der Waals surface area contributed by atoms with Crippen molar-refractivity contribution in [2.45, 2.75) is 58.1 Å². The van der Waals surface area contributed by atoms with Crippen molar-refractivity contribution in [1.82, 2.24) is 5.32 Å². The van der Waals surface area contributed by atoms with E-state index in [0.29, 0.717) is 17.6 Å². The van der Waals surface area contributed by atoms with Gasteiger partial charge in [-0.2, -0.15) is 0 Å². The molecule has 2 atom stereocenters. The first-order chi connectivity index (χ1) is 10.9. The molecular weight excluding hydrogens is 292 g/mol. The molecular formula is C18H26N2O3. The number of primary amides is 1. The standard InChI is InChI=1S/C18H26N2O3/c1-11(2)14-5-4-6-15(9-14)23-12(3)18(22)20-16(10-17(19)21)13-7-8-13/h4-6,9,11-13,16H,7-8,10H2,1-3H3,(H2,19,21)(H,20,22)/t12-,16+/m0/s1. The quantitative estimate of drug-likeness (QED) is 0.772. The Morgan fingerprint density at radius 1 is 1.30 bits per heavy atom. The van der Waals surface area contributed by atoms with Crippen molar-refractivity contribution in [3.05, 3.63) is 29.8 Å². The van der Waals surface area contributed by atoms with E-state index in [-0.39, 0.29) is 24.3 Å². The second-order valence-corrected chi connectivity index (χ2v) is 6.61. The predicted molar refractivity (Wildman–Crippen MR) is 89.1 cm³/mol. The maximum absolute atomic E-state index is 12.3. The van der Waals surface area contributed by atoms with Gasteiger partial charge >= 0.3 is 0 Å². The second-order valence-electron chi connectivity index (χ2n) is 6.61. The molecule has 1 aliphatic rings. The number of benzene rings is 1. The molecule has 1 saturated carbocycles. The highest BCUT2D eigenvalue weighted by molar-refractivity contribution is 5.82. The van der Waals surface area contributed by atoms with Gasteiger partial charge in [-0.25, -0.2) is 0 Å². The lowest BCUT2D eigenvalue weighted by molar-refractivity contribution is -0.128. The zero-order valence-electron chi connectivity index (χ0n) is 14.0. The summed E-state index contributed by atoms with van der Waals surface area (Å²) in [6, 6.07) is 7.59. The van der Waals surface area contributed by atoms with Gasteiger partial charge in [-0.1, -0.05) is 26.0 Å². The lowest BCUT2D eigenvalue weighted by atomic mass is 10.0. The van der Waals surface area contributed by atoms with Crippen molar-refractivity contribution in [3.8, 4) is 5.75 Å². The number of rotatable bonds is 8. The van der Waals surface area contributed by atoms with Gasteiger partial charge in [0, 0.05) is 12.5 Å². The van der Waals surface area contributed by atoms with Crippen molar-refractivity contribution in [3.63, 3.8) is 0 Å². The van der Waals surface area contributed by atoms with Gasteiger partial charge in [-0.15, -0.1) is 0 Å². The SMILES string of the molecule is CC(C)c1cccc(O[C@@H](C)C(=O)N[C@H](CC(N)=O)C2CC2)c1. The summed E-state index contributed by atoms with van der Waals surface area (Å²) in [5.41, 5.74) is 6.42. The Balaban J connectivity index is 1.93. The molecule has 3 N–H and O–H groups in total. The Kier molecular flexibility index (Phi) is 5.64. The lowest BCUT2D eigenvalue weighted by Gasteiger charge is -2.21. The van der Waals surface area contributed by atoms with Crippen LogP contribution in [0.3, 0.4) is 0 Å². The fourth-order valence-corrected chi connectivity index (χ4v) is 2.56. The third kappa shape index (κ3) is 5.27. The number of hydrogen-bond acceptors (Lipinski definition) is 3. The third-order valence-electron chi connectivity index (χ3n) is 4.15. The molecule has 0 radical (unpaired) electrons. The van der Waals surface area contributed by atoms with Crippen LogP contribution in [0.1, 0.15) is 51.5 Å². The molecule has 0 saturated heterocycles. The normalized spacial score (nSPS) is 16.7. The molecule has 2 amide bonds. The lowest BCUT2D eigenvalue weighted by Crippen LogP contribution is -2.45. The highest BCUT2D eigenvalue weighted by Crippen LogP contribution is 2.34. The van der Waals surface area contributed by atoms with Gasteiger partial charge in [-0.3, -0.25) is 9.59 Å². The number of nitrogens with two attached hydrogens (primary N) is 1. The van der Waals surface area contributed by atoms with Gasteiger partial charge in [0.2, 0.25) is 5.91 Å². The van der Waals surface area contributed by atoms with E-state index < -0.39 is 6.10 Å². The molecule has 1 aromatic rings. The van der Waals surface area contributed by atoms with Gasteiger partial charge in [0.1, 0.15) is 5.75 Å². The Hall–Kier alpha value is -2.04. The Morgan fingerprint density at radius 2 is 2.00 bits per heavy atom. The summed E-state index contributed by atoms with van der Waals surface area (Å²) < 4.78 is 5.74. The number of hydrogen-bond donors (Lipinski definition) is 2. The fourth-order valence-electron chi connectivity index (χ4n) is 2.56. The Labute approximate surface area is 137 Å². The summed E-state index contributed by atoms with van der Waals surface area (Å²) >= 11 is 0. The van der Waals surface area contributed by atoms with Gasteiger partial charge in [-0.05, 0) is 49.3 Å². The minimum atomic E-state index is -0.619. The summed E-state index contributed by atoms with van der Waals surface area (Å²) in [4.78, 5) is 23.4. The zero-order chi connectivity index (χ0) is 17.0. The average Bonchev–Trinajstić information content (AvgIpc) is 3.30. The first kappa shape index (κ1) is 17.3. The smallest absolute Gasteiger partial charge is 0.261 e. The Morgan fingerprint density at radius 3 is 2.57 bits per heavy atom. The van der Waals surface area contributed by atoms with Crippen molar-refractivity contribution in [1.29, 1.82) is 0 Å². The Bertz CT molecular complexity index is 567. The first-order valence-electron chi connectivity index (χ1n) is 8.22. The van der Waals surface area contributed by atoms with E-state index >= 15 is 0 Å². The van der Waals surface area contributed by atoms with E-state index in [4.69, 9.17) is 10.5 Å². The van der Waals surface area contributed by atoms with Crippen LogP contribution in [-0.4, -0.2) is 24.0 Å². The molecule has 5 heteroatoms. The largest absolute Gasteiger partial charge is 0.481 e. The van der Waals surface area contributed by atoms with Crippen molar-refractivity contribution in [2.24, 2.45) is 11.7 Å². The minimum absolute atomic E-state index is 0.173. The zero-order valence-corrected chi connectivity index (χ0v) is 14.0. The van der Waals surface area contributed by atoms with Crippen molar-refractivity contribution < 1.29 is 14.3 Å². The highest BCUT2D eigenvalue weighted by atomic mass is 16.5. The number of carbonyl (C=O) groups is 2. The van der Waals surface area contributed by atoms with E-state index in [9.17, 15) is 9.59 Å². The van der Waals surface area contributed by atoms with Crippen molar-refractivity contribution >= 4 is 11.8 Å². The minimum Gasteiger partial charge on any atom is -0.481 e. The average molecular weight is 318 g/mol. The van der Waals surface area contributed by atoms with Gasteiger partial charge < -0.3 is 15.8 Å². The number of nitrogens with one attached hydrogen (secondary N) is 1. The van der Waals surface area contributed by atoms with Crippen LogP contribution in [-0.2, 0) is 9.59 Å². The molecule has 0 aromatic heterocycles. The molecule has 1 aliphatic carbocycles. The van der Waals surface area contributed by atoms with E-state index in [1.54, 1.807) is 6.92 Å². The third-order valence-corrected chi connectivity index (χ3v) is 4.15. The fraction of sp³-hybridized carbons (Fsp3) is 0.556. The maximum Gasteiger partial charge on any atom is 0.261 e. The number of ether oxygens (including phenoxy) is 1. The van der Waals surface area contributed by atoms with Gasteiger partial charge in [0.25, 0.3) is 5.91 Å². The number of carbonyl (C=O) groups excluding carboxylic acids is 2. The molecule has 126 valence electrons. The van der Waals surface area contributed by atoms with Gasteiger partial charge in [0.15, 0.2) is 6.10 Å². The van der Waals surface area contributed by atoms with Crippen LogP contribution in [0.5, 0.6) is 5.75 Å². The summed E-state index contributed by atoms with van der Waals surface area (Å²) in [6.45, 7) is 5.93. The summed E-state index contributed by atoms with van der Waals surface area (Å²) in [7, 11) is 0. The molecule has 2 rings (SSSR count). The summed E-state index contributed by atoms with van der Waals surface area (Å²) in [5, 5.41) is 2.90. The van der Waals surface area contributed by atoms with Crippen LogP contribution < -0.4 is 15.8 Å². The summed E-state index contributed by atoms with van der Waals surface area (Å²) in [6.07, 6.45) is 1.63. The predicted octanol–water partition coefficient (Wildman–Crippen LogP) is 2.35. The molecule has 23 heavy (non-hydrogen) atoms. The molecule has 1 aromatic carbocycles. The monoisotopic (exact) mass is 318 g/mol. The number of amides is 2.